The summed E-state index contributed by atoms with van der Waals surface area (Å²) in [6.07, 6.45) is 0.614. The van der Waals surface area contributed by atoms with E-state index in [4.69, 9.17) is 16.3 Å². The Kier molecular flexibility index (Phi) is 7.02. The fourth-order valence-electron chi connectivity index (χ4n) is 2.60. The molecular weight excluding hydrogens is 338 g/mol. The lowest BCUT2D eigenvalue weighted by Gasteiger charge is -2.17. The fourth-order valence-corrected chi connectivity index (χ4v) is 2.80. The van der Waals surface area contributed by atoms with Crippen LogP contribution in [0.4, 0.5) is 0 Å². The molecule has 0 fully saturated rings. The molecule has 1 N–H and O–H groups in total. The number of benzene rings is 2. The highest BCUT2D eigenvalue weighted by molar-refractivity contribution is 6.30. The second-order valence-corrected chi connectivity index (χ2v) is 6.26. The highest BCUT2D eigenvalue weighted by atomic mass is 35.5. The van der Waals surface area contributed by atoms with Crippen LogP contribution in [-0.4, -0.2) is 18.5 Å². The molecule has 0 aromatic heterocycles. The van der Waals surface area contributed by atoms with Gasteiger partial charge in [-0.25, -0.2) is 0 Å². The normalized spacial score (nSPS) is 12.9. The van der Waals surface area contributed by atoms with Crippen molar-refractivity contribution in [3.63, 3.8) is 0 Å². The van der Waals surface area contributed by atoms with E-state index >= 15 is 0 Å². The van der Waals surface area contributed by atoms with Gasteiger partial charge in [-0.1, -0.05) is 61.0 Å². The maximum absolute atomic E-state index is 12.3. The Morgan fingerprint density at radius 1 is 1.08 bits per heavy atom. The van der Waals surface area contributed by atoms with E-state index in [9.17, 15) is 9.59 Å². The molecule has 1 amide bonds. The lowest BCUT2D eigenvalue weighted by Crippen LogP contribution is -2.32. The number of carbonyl (C=O) groups excluding carboxylic acids is 2. The molecule has 2 rings (SSSR count). The Bertz CT molecular complexity index is 718. The number of halogens is 1. The van der Waals surface area contributed by atoms with Crippen LogP contribution in [0.15, 0.2) is 54.6 Å². The Morgan fingerprint density at radius 3 is 2.40 bits per heavy atom. The molecule has 2 atom stereocenters. The van der Waals surface area contributed by atoms with Crippen LogP contribution in [0, 0.1) is 0 Å². The molecule has 2 aromatic carbocycles. The summed E-state index contributed by atoms with van der Waals surface area (Å²) in [5.41, 5.74) is 1.78. The second kappa shape index (κ2) is 9.23. The average molecular weight is 360 g/mol. The van der Waals surface area contributed by atoms with Gasteiger partial charge in [-0.3, -0.25) is 9.59 Å². The molecule has 0 saturated carbocycles. The average Bonchev–Trinajstić information content (AvgIpc) is 2.61. The number of carbonyl (C=O) groups is 2. The van der Waals surface area contributed by atoms with Gasteiger partial charge in [-0.15, -0.1) is 0 Å². The summed E-state index contributed by atoms with van der Waals surface area (Å²) in [6.45, 7) is 3.47. The molecule has 5 heteroatoms. The molecule has 0 spiro atoms. The van der Waals surface area contributed by atoms with Crippen molar-refractivity contribution in [1.82, 2.24) is 5.32 Å². The van der Waals surface area contributed by atoms with Crippen LogP contribution >= 0.6 is 11.6 Å². The summed E-state index contributed by atoms with van der Waals surface area (Å²) in [6, 6.07) is 16.5. The number of rotatable bonds is 7. The molecule has 0 radical (unpaired) electrons. The number of nitrogens with one attached hydrogen (secondary N) is 1. The van der Waals surface area contributed by atoms with E-state index < -0.39 is 0 Å². The van der Waals surface area contributed by atoms with Crippen molar-refractivity contribution in [3.8, 4) is 0 Å². The number of amides is 1. The smallest absolute Gasteiger partial charge is 0.313 e. The first kappa shape index (κ1) is 19.0. The van der Waals surface area contributed by atoms with Crippen LogP contribution in [0.25, 0.3) is 0 Å². The van der Waals surface area contributed by atoms with Crippen LogP contribution in [0.3, 0.4) is 0 Å². The van der Waals surface area contributed by atoms with Crippen molar-refractivity contribution in [3.05, 3.63) is 70.7 Å². The zero-order valence-corrected chi connectivity index (χ0v) is 15.1. The maximum atomic E-state index is 12.3. The first-order valence-electron chi connectivity index (χ1n) is 8.27. The minimum atomic E-state index is -0.390. The van der Waals surface area contributed by atoms with E-state index in [-0.39, 0.29) is 30.4 Å². The molecule has 0 bridgehead atoms. The van der Waals surface area contributed by atoms with Crippen molar-refractivity contribution >= 4 is 23.5 Å². The number of hydrogen-bond donors (Lipinski definition) is 1. The molecular formula is C20H22ClNO3. The zero-order valence-electron chi connectivity index (χ0n) is 14.4. The second-order valence-electron chi connectivity index (χ2n) is 5.82. The first-order chi connectivity index (χ1) is 12.0. The predicted octanol–water partition coefficient (Wildman–Crippen LogP) is 4.25. The molecule has 0 aliphatic carbocycles. The van der Waals surface area contributed by atoms with Crippen molar-refractivity contribution < 1.29 is 14.3 Å². The van der Waals surface area contributed by atoms with Crippen LogP contribution in [-0.2, 0) is 14.3 Å². The first-order valence-corrected chi connectivity index (χ1v) is 8.65. The SMILES string of the molecule is CC[C@H](C(=O)OCC(=O)N[C@@H](C)c1cccc(Cl)c1)c1ccccc1. The van der Waals surface area contributed by atoms with Crippen LogP contribution in [0.1, 0.15) is 43.4 Å². The number of ether oxygens (including phenoxy) is 1. The van der Waals surface area contributed by atoms with Gasteiger partial charge in [0.05, 0.1) is 12.0 Å². The molecule has 4 nitrogen and oxygen atoms in total. The van der Waals surface area contributed by atoms with Gasteiger partial charge in [0.1, 0.15) is 0 Å². The van der Waals surface area contributed by atoms with E-state index in [1.165, 1.54) is 0 Å². The van der Waals surface area contributed by atoms with Crippen LogP contribution in [0.5, 0.6) is 0 Å². The van der Waals surface area contributed by atoms with Crippen LogP contribution < -0.4 is 5.32 Å². The standard InChI is InChI=1S/C20H22ClNO3/c1-3-18(15-8-5-4-6-9-15)20(24)25-13-19(23)22-14(2)16-10-7-11-17(21)12-16/h4-12,14,18H,3,13H2,1-2H3,(H,22,23)/t14-,18-/m0/s1. The van der Waals surface area contributed by atoms with E-state index in [1.807, 2.05) is 56.3 Å². The van der Waals surface area contributed by atoms with E-state index in [0.717, 1.165) is 11.1 Å². The van der Waals surface area contributed by atoms with E-state index in [0.29, 0.717) is 11.4 Å². The molecule has 0 saturated heterocycles. The highest BCUT2D eigenvalue weighted by Crippen LogP contribution is 2.21. The third kappa shape index (κ3) is 5.61. The monoisotopic (exact) mass is 359 g/mol. The summed E-state index contributed by atoms with van der Waals surface area (Å²) in [5.74, 6) is -1.10. The van der Waals surface area contributed by atoms with Gasteiger partial charge in [0, 0.05) is 5.02 Å². The summed E-state index contributed by atoms with van der Waals surface area (Å²) >= 11 is 5.96. The molecule has 0 unspecified atom stereocenters. The molecule has 25 heavy (non-hydrogen) atoms. The lowest BCUT2D eigenvalue weighted by atomic mass is 9.97. The fraction of sp³-hybridized carbons (Fsp3) is 0.300. The summed E-state index contributed by atoms with van der Waals surface area (Å²) in [4.78, 5) is 24.3. The van der Waals surface area contributed by atoms with Gasteiger partial charge in [-0.05, 0) is 36.6 Å². The number of hydrogen-bond acceptors (Lipinski definition) is 3. The molecule has 0 aliphatic rings. The minimum Gasteiger partial charge on any atom is -0.455 e. The van der Waals surface area contributed by atoms with E-state index in [1.54, 1.807) is 12.1 Å². The molecule has 0 heterocycles. The zero-order chi connectivity index (χ0) is 18.2. The quantitative estimate of drug-likeness (QED) is 0.752. The molecule has 2 aromatic rings. The topological polar surface area (TPSA) is 55.4 Å². The predicted molar refractivity (Wildman–Crippen MR) is 98.4 cm³/mol. The minimum absolute atomic E-state index is 0.221. The van der Waals surface area contributed by atoms with Gasteiger partial charge in [-0.2, -0.15) is 0 Å². The van der Waals surface area contributed by atoms with Gasteiger partial charge in [0.25, 0.3) is 5.91 Å². The Labute approximate surface area is 153 Å². The lowest BCUT2D eigenvalue weighted by molar-refractivity contribution is -0.150. The Morgan fingerprint density at radius 2 is 1.76 bits per heavy atom. The Balaban J connectivity index is 1.87. The van der Waals surface area contributed by atoms with Crippen LogP contribution in [0.2, 0.25) is 5.02 Å². The Hall–Kier alpha value is -2.33. The van der Waals surface area contributed by atoms with Gasteiger partial charge in [0.2, 0.25) is 0 Å². The number of esters is 1. The van der Waals surface area contributed by atoms with Gasteiger partial charge in [0.15, 0.2) is 6.61 Å². The molecule has 0 aliphatic heterocycles. The van der Waals surface area contributed by atoms with Crippen molar-refractivity contribution in [1.29, 1.82) is 0 Å². The molecule has 132 valence electrons. The summed E-state index contributed by atoms with van der Waals surface area (Å²) in [7, 11) is 0. The summed E-state index contributed by atoms with van der Waals surface area (Å²) < 4.78 is 5.19. The van der Waals surface area contributed by atoms with E-state index in [2.05, 4.69) is 5.32 Å². The van der Waals surface area contributed by atoms with Gasteiger partial charge >= 0.3 is 5.97 Å². The summed E-state index contributed by atoms with van der Waals surface area (Å²) in [5, 5.41) is 3.41. The largest absolute Gasteiger partial charge is 0.455 e. The van der Waals surface area contributed by atoms with Gasteiger partial charge < -0.3 is 10.1 Å². The maximum Gasteiger partial charge on any atom is 0.313 e. The van der Waals surface area contributed by atoms with Crippen molar-refractivity contribution in [2.24, 2.45) is 0 Å². The van der Waals surface area contributed by atoms with Crippen molar-refractivity contribution in [2.75, 3.05) is 6.61 Å². The third-order valence-electron chi connectivity index (χ3n) is 3.97. The highest BCUT2D eigenvalue weighted by Gasteiger charge is 2.21. The van der Waals surface area contributed by atoms with Crippen molar-refractivity contribution in [2.45, 2.75) is 32.2 Å². The third-order valence-corrected chi connectivity index (χ3v) is 4.20.